The molecule has 1 rings (SSSR count). The first-order valence-corrected chi connectivity index (χ1v) is 5.87. The van der Waals surface area contributed by atoms with Gasteiger partial charge in [-0.2, -0.15) is 13.2 Å². The van der Waals surface area contributed by atoms with Gasteiger partial charge in [0.15, 0.2) is 0 Å². The van der Waals surface area contributed by atoms with Crippen LogP contribution in [0.15, 0.2) is 30.3 Å². The third-order valence-corrected chi connectivity index (χ3v) is 2.55. The van der Waals surface area contributed by atoms with E-state index in [1.807, 2.05) is 6.07 Å². The third kappa shape index (κ3) is 6.81. The molecule has 0 aliphatic heterocycles. The smallest absolute Gasteiger partial charge is 0.389 e. The summed E-state index contributed by atoms with van der Waals surface area (Å²) < 4.78 is 41.5. The van der Waals surface area contributed by atoms with Crippen molar-refractivity contribution in [3.05, 3.63) is 35.9 Å². The lowest BCUT2D eigenvalue weighted by molar-refractivity contribution is -0.154. The summed E-state index contributed by atoms with van der Waals surface area (Å²) in [5.74, 6) is -1.59. The fraction of sp³-hybridized carbons (Fsp3) is 0.462. The van der Waals surface area contributed by atoms with Crippen LogP contribution in [0, 0.1) is 5.92 Å². The zero-order chi connectivity index (χ0) is 14.3. The molecule has 1 aromatic rings. The number of hydrogen-bond acceptors (Lipinski definition) is 3. The predicted octanol–water partition coefficient (Wildman–Crippen LogP) is 2.65. The monoisotopic (exact) mass is 275 g/mol. The van der Waals surface area contributed by atoms with Crippen LogP contribution in [-0.4, -0.2) is 18.7 Å². The standard InChI is InChI=1S/C13H16F3NO2/c14-13(15,16)7-11(8-17)6-12(18)19-9-10-4-2-1-3-5-10/h1-5,11H,6-9,17H2. The maximum absolute atomic E-state index is 12.2. The second-order valence-corrected chi connectivity index (χ2v) is 4.27. The molecule has 0 saturated carbocycles. The minimum Gasteiger partial charge on any atom is -0.461 e. The highest BCUT2D eigenvalue weighted by atomic mass is 19.4. The summed E-state index contributed by atoms with van der Waals surface area (Å²) in [6.07, 6.45) is -5.70. The van der Waals surface area contributed by atoms with E-state index in [0.717, 1.165) is 5.56 Å². The van der Waals surface area contributed by atoms with Crippen molar-refractivity contribution in [1.29, 1.82) is 0 Å². The lowest BCUT2D eigenvalue weighted by atomic mass is 10.0. The third-order valence-electron chi connectivity index (χ3n) is 2.55. The van der Waals surface area contributed by atoms with E-state index in [4.69, 9.17) is 10.5 Å². The number of hydrogen-bond donors (Lipinski definition) is 1. The van der Waals surface area contributed by atoms with Crippen molar-refractivity contribution in [3.63, 3.8) is 0 Å². The van der Waals surface area contributed by atoms with E-state index in [2.05, 4.69) is 0 Å². The zero-order valence-corrected chi connectivity index (χ0v) is 10.3. The largest absolute Gasteiger partial charge is 0.461 e. The summed E-state index contributed by atoms with van der Waals surface area (Å²) in [5, 5.41) is 0. The van der Waals surface area contributed by atoms with E-state index in [-0.39, 0.29) is 19.6 Å². The predicted molar refractivity (Wildman–Crippen MR) is 64.1 cm³/mol. The summed E-state index contributed by atoms with van der Waals surface area (Å²) in [4.78, 5) is 11.4. The fourth-order valence-electron chi connectivity index (χ4n) is 1.60. The van der Waals surface area contributed by atoms with Gasteiger partial charge in [0, 0.05) is 12.8 Å². The first-order valence-electron chi connectivity index (χ1n) is 5.87. The Morgan fingerprint density at radius 3 is 2.42 bits per heavy atom. The average molecular weight is 275 g/mol. The van der Waals surface area contributed by atoms with Gasteiger partial charge >= 0.3 is 12.1 Å². The van der Waals surface area contributed by atoms with Gasteiger partial charge < -0.3 is 10.5 Å². The summed E-state index contributed by atoms with van der Waals surface area (Å²) in [7, 11) is 0. The van der Waals surface area contributed by atoms with Crippen molar-refractivity contribution < 1.29 is 22.7 Å². The van der Waals surface area contributed by atoms with Crippen LogP contribution in [0.3, 0.4) is 0 Å². The van der Waals surface area contributed by atoms with E-state index in [0.29, 0.717) is 0 Å². The molecule has 0 aromatic heterocycles. The molecule has 1 unspecified atom stereocenters. The maximum atomic E-state index is 12.2. The maximum Gasteiger partial charge on any atom is 0.389 e. The zero-order valence-electron chi connectivity index (χ0n) is 10.3. The molecule has 2 N–H and O–H groups in total. The molecule has 0 saturated heterocycles. The van der Waals surface area contributed by atoms with Crippen molar-refractivity contribution in [3.8, 4) is 0 Å². The molecule has 0 bridgehead atoms. The van der Waals surface area contributed by atoms with Gasteiger partial charge in [-0.05, 0) is 18.0 Å². The van der Waals surface area contributed by atoms with Crippen LogP contribution in [0.4, 0.5) is 13.2 Å². The van der Waals surface area contributed by atoms with Gasteiger partial charge in [-0.15, -0.1) is 0 Å². The number of esters is 1. The number of ether oxygens (including phenoxy) is 1. The van der Waals surface area contributed by atoms with Crippen LogP contribution in [0.2, 0.25) is 0 Å². The minimum absolute atomic E-state index is 0.0585. The van der Waals surface area contributed by atoms with Crippen LogP contribution in [0.25, 0.3) is 0 Å². The molecule has 19 heavy (non-hydrogen) atoms. The number of carbonyl (C=O) groups excluding carboxylic acids is 1. The molecular weight excluding hydrogens is 259 g/mol. The lowest BCUT2D eigenvalue weighted by Gasteiger charge is -2.15. The number of benzene rings is 1. The Morgan fingerprint density at radius 1 is 1.26 bits per heavy atom. The highest BCUT2D eigenvalue weighted by molar-refractivity contribution is 5.69. The molecule has 1 aromatic carbocycles. The summed E-state index contributed by atoms with van der Waals surface area (Å²) in [6, 6.07) is 8.93. The number of nitrogens with two attached hydrogens (primary N) is 1. The minimum atomic E-state index is -4.32. The van der Waals surface area contributed by atoms with Crippen molar-refractivity contribution in [2.75, 3.05) is 6.54 Å². The molecule has 0 heterocycles. The highest BCUT2D eigenvalue weighted by Gasteiger charge is 2.32. The number of alkyl halides is 3. The normalized spacial score (nSPS) is 13.1. The van der Waals surface area contributed by atoms with Gasteiger partial charge in [0.1, 0.15) is 6.61 Å². The van der Waals surface area contributed by atoms with Gasteiger partial charge in [-0.3, -0.25) is 4.79 Å². The number of rotatable bonds is 6. The summed E-state index contributed by atoms with van der Waals surface area (Å²) in [6.45, 7) is -0.136. The van der Waals surface area contributed by atoms with Crippen molar-refractivity contribution >= 4 is 5.97 Å². The van der Waals surface area contributed by atoms with E-state index in [9.17, 15) is 18.0 Å². The van der Waals surface area contributed by atoms with Crippen LogP contribution in [-0.2, 0) is 16.1 Å². The number of halogens is 3. The SMILES string of the molecule is NCC(CC(=O)OCc1ccccc1)CC(F)(F)F. The van der Waals surface area contributed by atoms with Gasteiger partial charge in [0.2, 0.25) is 0 Å². The second kappa shape index (κ2) is 7.13. The Kier molecular flexibility index (Phi) is 5.82. The Hall–Kier alpha value is -1.56. The summed E-state index contributed by atoms with van der Waals surface area (Å²) >= 11 is 0. The van der Waals surface area contributed by atoms with E-state index in [1.54, 1.807) is 24.3 Å². The van der Waals surface area contributed by atoms with Gasteiger partial charge in [-0.25, -0.2) is 0 Å². The fourth-order valence-corrected chi connectivity index (χ4v) is 1.60. The Balaban J connectivity index is 2.37. The van der Waals surface area contributed by atoms with Crippen LogP contribution in [0.5, 0.6) is 0 Å². The second-order valence-electron chi connectivity index (χ2n) is 4.27. The van der Waals surface area contributed by atoms with Crippen LogP contribution < -0.4 is 5.73 Å². The van der Waals surface area contributed by atoms with Crippen molar-refractivity contribution in [2.24, 2.45) is 11.7 Å². The molecular formula is C13H16F3NO2. The van der Waals surface area contributed by atoms with Gasteiger partial charge in [-0.1, -0.05) is 30.3 Å². The molecule has 0 amide bonds. The highest BCUT2D eigenvalue weighted by Crippen LogP contribution is 2.26. The molecule has 0 aliphatic rings. The molecule has 1 atom stereocenters. The van der Waals surface area contributed by atoms with E-state index < -0.39 is 24.5 Å². The van der Waals surface area contributed by atoms with Gasteiger partial charge in [0.25, 0.3) is 0 Å². The van der Waals surface area contributed by atoms with Gasteiger partial charge in [0.05, 0.1) is 0 Å². The first kappa shape index (κ1) is 15.5. The van der Waals surface area contributed by atoms with E-state index in [1.165, 1.54) is 0 Å². The molecule has 106 valence electrons. The van der Waals surface area contributed by atoms with Crippen molar-refractivity contribution in [2.45, 2.75) is 25.6 Å². The van der Waals surface area contributed by atoms with Crippen molar-refractivity contribution in [1.82, 2.24) is 0 Å². The quantitative estimate of drug-likeness (QED) is 0.812. The van der Waals surface area contributed by atoms with Crippen LogP contribution >= 0.6 is 0 Å². The summed E-state index contributed by atoms with van der Waals surface area (Å²) in [5.41, 5.74) is 6.02. The number of carbonyl (C=O) groups is 1. The first-order chi connectivity index (χ1) is 8.90. The lowest BCUT2D eigenvalue weighted by Crippen LogP contribution is -2.25. The Morgan fingerprint density at radius 2 is 1.89 bits per heavy atom. The molecule has 3 nitrogen and oxygen atoms in total. The Labute approximate surface area is 109 Å². The molecule has 0 radical (unpaired) electrons. The molecule has 0 fully saturated rings. The molecule has 0 spiro atoms. The average Bonchev–Trinajstić information content (AvgIpc) is 2.35. The van der Waals surface area contributed by atoms with Crippen LogP contribution in [0.1, 0.15) is 18.4 Å². The Bertz CT molecular complexity index is 393. The molecule has 6 heteroatoms. The topological polar surface area (TPSA) is 52.3 Å². The molecule has 0 aliphatic carbocycles. The van der Waals surface area contributed by atoms with E-state index >= 15 is 0 Å².